The van der Waals surface area contributed by atoms with Gasteiger partial charge in [-0.1, -0.05) is 17.7 Å². The molecule has 0 aliphatic carbocycles. The van der Waals surface area contributed by atoms with E-state index in [1.54, 1.807) is 24.3 Å². The van der Waals surface area contributed by atoms with Gasteiger partial charge in [0.05, 0.1) is 16.8 Å². The van der Waals surface area contributed by atoms with E-state index < -0.39 is 11.8 Å². The molecule has 0 aliphatic heterocycles. The first-order valence-corrected chi connectivity index (χ1v) is 5.14. The maximum absolute atomic E-state index is 11.4. The first-order chi connectivity index (χ1) is 8.04. The molecule has 2 amide bonds. The van der Waals surface area contributed by atoms with Crippen LogP contribution < -0.4 is 10.6 Å². The summed E-state index contributed by atoms with van der Waals surface area (Å²) in [7, 11) is 0. The summed E-state index contributed by atoms with van der Waals surface area (Å²) in [4.78, 5) is 22.5. The summed E-state index contributed by atoms with van der Waals surface area (Å²) in [5.74, 6) is -1.73. The van der Waals surface area contributed by atoms with Gasteiger partial charge in [0, 0.05) is 0 Å². The third-order valence-corrected chi connectivity index (χ3v) is 2.22. The zero-order chi connectivity index (χ0) is 12.8. The van der Waals surface area contributed by atoms with Crippen LogP contribution in [0.4, 0.5) is 5.69 Å². The molecule has 88 valence electrons. The minimum Gasteiger partial charge on any atom is -0.335 e. The van der Waals surface area contributed by atoms with Crippen LogP contribution >= 0.6 is 11.6 Å². The zero-order valence-corrected chi connectivity index (χ0v) is 9.84. The summed E-state index contributed by atoms with van der Waals surface area (Å²) in [5, 5.41) is 13.1. The first-order valence-electron chi connectivity index (χ1n) is 4.77. The van der Waals surface area contributed by atoms with E-state index in [9.17, 15) is 9.59 Å². The first kappa shape index (κ1) is 13.0. The van der Waals surface area contributed by atoms with Crippen molar-refractivity contribution in [1.82, 2.24) is 5.32 Å². The van der Waals surface area contributed by atoms with Crippen molar-refractivity contribution in [1.29, 1.82) is 5.26 Å². The van der Waals surface area contributed by atoms with E-state index >= 15 is 0 Å². The van der Waals surface area contributed by atoms with Gasteiger partial charge in [0.15, 0.2) is 0 Å². The number of anilines is 1. The SMILES string of the molecule is Cc1ccc(NC(=O)C(=O)NCC#N)c(Cl)c1. The van der Waals surface area contributed by atoms with Gasteiger partial charge < -0.3 is 10.6 Å². The number of aryl methyl sites for hydroxylation is 1. The molecule has 0 saturated carbocycles. The predicted octanol–water partition coefficient (Wildman–Crippen LogP) is 1.23. The average molecular weight is 252 g/mol. The second-order valence-corrected chi connectivity index (χ2v) is 3.69. The molecule has 0 radical (unpaired) electrons. The van der Waals surface area contributed by atoms with Gasteiger partial charge >= 0.3 is 11.8 Å². The maximum Gasteiger partial charge on any atom is 0.313 e. The smallest absolute Gasteiger partial charge is 0.313 e. The number of nitrogens with zero attached hydrogens (tertiary/aromatic N) is 1. The van der Waals surface area contributed by atoms with Crippen molar-refractivity contribution in [3.05, 3.63) is 28.8 Å². The minimum absolute atomic E-state index is 0.214. The summed E-state index contributed by atoms with van der Waals surface area (Å²) >= 11 is 5.88. The highest BCUT2D eigenvalue weighted by molar-refractivity contribution is 6.41. The van der Waals surface area contributed by atoms with Gasteiger partial charge in [-0.15, -0.1) is 0 Å². The van der Waals surface area contributed by atoms with Gasteiger partial charge in [-0.25, -0.2) is 0 Å². The van der Waals surface area contributed by atoms with Crippen LogP contribution in [0.25, 0.3) is 0 Å². The molecule has 1 rings (SSSR count). The molecular formula is C11H10ClN3O2. The number of nitrogens with one attached hydrogen (secondary N) is 2. The van der Waals surface area contributed by atoms with E-state index in [0.717, 1.165) is 5.56 Å². The molecule has 0 saturated heterocycles. The molecule has 0 spiro atoms. The number of amides is 2. The Morgan fingerprint density at radius 1 is 1.41 bits per heavy atom. The van der Waals surface area contributed by atoms with Gasteiger partial charge in [0.2, 0.25) is 0 Å². The van der Waals surface area contributed by atoms with Crippen molar-refractivity contribution in [3.8, 4) is 6.07 Å². The predicted molar refractivity (Wildman–Crippen MR) is 63.4 cm³/mol. The Labute approximate surface area is 103 Å². The fraction of sp³-hybridized carbons (Fsp3) is 0.182. The third-order valence-electron chi connectivity index (χ3n) is 1.91. The lowest BCUT2D eigenvalue weighted by Gasteiger charge is -2.07. The Balaban J connectivity index is 2.68. The molecule has 6 heteroatoms. The number of hydrogen-bond donors (Lipinski definition) is 2. The Bertz CT molecular complexity index is 494. The highest BCUT2D eigenvalue weighted by Gasteiger charge is 2.14. The van der Waals surface area contributed by atoms with Crippen LogP contribution in [-0.2, 0) is 9.59 Å². The van der Waals surface area contributed by atoms with Crippen LogP contribution in [0.3, 0.4) is 0 Å². The van der Waals surface area contributed by atoms with Crippen molar-refractivity contribution in [3.63, 3.8) is 0 Å². The monoisotopic (exact) mass is 251 g/mol. The molecule has 0 fully saturated rings. The minimum atomic E-state index is -0.872. The van der Waals surface area contributed by atoms with E-state index in [1.165, 1.54) is 0 Å². The number of carbonyl (C=O) groups is 2. The fourth-order valence-electron chi connectivity index (χ4n) is 1.10. The van der Waals surface area contributed by atoms with Crippen LogP contribution in [0.2, 0.25) is 5.02 Å². The highest BCUT2D eigenvalue weighted by Crippen LogP contribution is 2.22. The lowest BCUT2D eigenvalue weighted by molar-refractivity contribution is -0.136. The Morgan fingerprint density at radius 3 is 2.71 bits per heavy atom. The van der Waals surface area contributed by atoms with Crippen molar-refractivity contribution in [2.75, 3.05) is 11.9 Å². The molecule has 0 bridgehead atoms. The van der Waals surface area contributed by atoms with Crippen molar-refractivity contribution in [2.45, 2.75) is 6.92 Å². The standard InChI is InChI=1S/C11H10ClN3O2/c1-7-2-3-9(8(12)6-7)15-11(17)10(16)14-5-4-13/h2-3,6H,5H2,1H3,(H,14,16)(H,15,17). The van der Waals surface area contributed by atoms with Crippen molar-refractivity contribution in [2.24, 2.45) is 0 Å². The van der Waals surface area contributed by atoms with Gasteiger partial charge in [-0.3, -0.25) is 9.59 Å². The molecule has 1 aromatic carbocycles. The quantitative estimate of drug-likeness (QED) is 0.613. The van der Waals surface area contributed by atoms with E-state index in [0.29, 0.717) is 10.7 Å². The Kier molecular flexibility index (Phi) is 4.49. The maximum atomic E-state index is 11.4. The lowest BCUT2D eigenvalue weighted by Crippen LogP contribution is -2.35. The topological polar surface area (TPSA) is 82.0 Å². The molecule has 0 unspecified atom stereocenters. The largest absolute Gasteiger partial charge is 0.335 e. The summed E-state index contributed by atoms with van der Waals surface area (Å²) in [6.45, 7) is 1.64. The number of nitriles is 1. The second-order valence-electron chi connectivity index (χ2n) is 3.28. The second kappa shape index (κ2) is 5.87. The normalized spacial score (nSPS) is 9.24. The van der Waals surface area contributed by atoms with Gasteiger partial charge in [0.25, 0.3) is 0 Å². The third kappa shape index (κ3) is 3.78. The lowest BCUT2D eigenvalue weighted by atomic mass is 10.2. The molecular weight excluding hydrogens is 242 g/mol. The molecule has 1 aromatic rings. The number of hydrogen-bond acceptors (Lipinski definition) is 3. The van der Waals surface area contributed by atoms with Gasteiger partial charge in [-0.2, -0.15) is 5.26 Å². The summed E-state index contributed by atoms with van der Waals surface area (Å²) in [6.07, 6.45) is 0. The average Bonchev–Trinajstić information content (AvgIpc) is 2.29. The van der Waals surface area contributed by atoms with Crippen LogP contribution in [0.1, 0.15) is 5.56 Å². The fourth-order valence-corrected chi connectivity index (χ4v) is 1.38. The molecule has 2 N–H and O–H groups in total. The van der Waals surface area contributed by atoms with Gasteiger partial charge in [-0.05, 0) is 24.6 Å². The zero-order valence-electron chi connectivity index (χ0n) is 9.08. The number of halogens is 1. The highest BCUT2D eigenvalue weighted by atomic mass is 35.5. The number of benzene rings is 1. The summed E-state index contributed by atoms with van der Waals surface area (Å²) in [6, 6.07) is 6.73. The number of carbonyl (C=O) groups excluding carboxylic acids is 2. The molecule has 0 aromatic heterocycles. The van der Waals surface area contributed by atoms with E-state index in [4.69, 9.17) is 16.9 Å². The Hall–Kier alpha value is -2.06. The molecule has 0 atom stereocenters. The van der Waals surface area contributed by atoms with Crippen LogP contribution in [0, 0.1) is 18.3 Å². The van der Waals surface area contributed by atoms with Crippen LogP contribution in [0.5, 0.6) is 0 Å². The molecule has 0 aliphatic rings. The molecule has 17 heavy (non-hydrogen) atoms. The van der Waals surface area contributed by atoms with Gasteiger partial charge in [0.1, 0.15) is 6.54 Å². The van der Waals surface area contributed by atoms with E-state index in [2.05, 4.69) is 10.6 Å². The number of rotatable bonds is 2. The van der Waals surface area contributed by atoms with E-state index in [-0.39, 0.29) is 6.54 Å². The molecule has 0 heterocycles. The Morgan fingerprint density at radius 2 is 2.12 bits per heavy atom. The van der Waals surface area contributed by atoms with Crippen molar-refractivity contribution < 1.29 is 9.59 Å². The van der Waals surface area contributed by atoms with Crippen molar-refractivity contribution >= 4 is 29.1 Å². The summed E-state index contributed by atoms with van der Waals surface area (Å²) < 4.78 is 0. The summed E-state index contributed by atoms with van der Waals surface area (Å²) in [5.41, 5.74) is 1.30. The van der Waals surface area contributed by atoms with E-state index in [1.807, 2.05) is 6.92 Å². The van der Waals surface area contributed by atoms with Crippen LogP contribution in [-0.4, -0.2) is 18.4 Å². The molecule has 5 nitrogen and oxygen atoms in total. The van der Waals surface area contributed by atoms with Crippen LogP contribution in [0.15, 0.2) is 18.2 Å².